The third kappa shape index (κ3) is 0.999. The van der Waals surface area contributed by atoms with Gasteiger partial charge in [0.2, 0.25) is 5.96 Å². The number of anilines is 2. The van der Waals surface area contributed by atoms with Gasteiger partial charge in [0, 0.05) is 19.5 Å². The van der Waals surface area contributed by atoms with Gasteiger partial charge in [-0.2, -0.15) is 0 Å². The maximum Gasteiger partial charge on any atom is 0.202 e. The maximum atomic E-state index is 8.05. The van der Waals surface area contributed by atoms with Crippen molar-refractivity contribution in [1.82, 2.24) is 0 Å². The normalized spacial score (nSPS) is 14.8. The molecule has 0 saturated heterocycles. The molecule has 16 heavy (non-hydrogen) atoms. The first-order chi connectivity index (χ1) is 7.70. The van der Waals surface area contributed by atoms with E-state index in [0.29, 0.717) is 5.96 Å². The van der Waals surface area contributed by atoms with Crippen molar-refractivity contribution in [3.05, 3.63) is 36.4 Å². The van der Waals surface area contributed by atoms with Gasteiger partial charge in [0.1, 0.15) is 0 Å². The minimum atomic E-state index is 0.506. The Morgan fingerprint density at radius 3 is 1.88 bits per heavy atom. The number of hydrogen-bond donors (Lipinski definition) is 1. The minimum Gasteiger partial charge on any atom is -0.315 e. The first-order valence-corrected chi connectivity index (χ1v) is 5.28. The van der Waals surface area contributed by atoms with E-state index in [2.05, 4.69) is 24.3 Å². The monoisotopic (exact) mass is 211 g/mol. The van der Waals surface area contributed by atoms with Crippen LogP contribution in [-0.2, 0) is 0 Å². The van der Waals surface area contributed by atoms with E-state index in [9.17, 15) is 0 Å². The van der Waals surface area contributed by atoms with Gasteiger partial charge in [0.05, 0.1) is 11.4 Å². The van der Waals surface area contributed by atoms with E-state index < -0.39 is 0 Å². The second-order valence-electron chi connectivity index (χ2n) is 4.09. The number of rotatable bonds is 0. The Kier molecular flexibility index (Phi) is 1.72. The van der Waals surface area contributed by atoms with Crippen LogP contribution in [0, 0.1) is 5.41 Å². The molecule has 0 spiro atoms. The van der Waals surface area contributed by atoms with Crippen molar-refractivity contribution in [2.24, 2.45) is 0 Å². The van der Waals surface area contributed by atoms with Crippen LogP contribution in [0.4, 0.5) is 11.4 Å². The van der Waals surface area contributed by atoms with Crippen LogP contribution in [0.25, 0.3) is 10.8 Å². The van der Waals surface area contributed by atoms with Crippen LogP contribution in [-0.4, -0.2) is 20.1 Å². The second-order valence-corrected chi connectivity index (χ2v) is 4.09. The average molecular weight is 211 g/mol. The molecule has 0 aromatic heterocycles. The third-order valence-corrected chi connectivity index (χ3v) is 3.22. The van der Waals surface area contributed by atoms with Gasteiger partial charge in [-0.25, -0.2) is 0 Å². The summed E-state index contributed by atoms with van der Waals surface area (Å²) in [6.45, 7) is 0. The molecule has 1 heterocycles. The molecular formula is C13H13N3. The van der Waals surface area contributed by atoms with E-state index in [0.717, 1.165) is 11.4 Å². The lowest BCUT2D eigenvalue weighted by molar-refractivity contribution is 1.11. The van der Waals surface area contributed by atoms with Crippen molar-refractivity contribution in [2.45, 2.75) is 0 Å². The molecule has 0 amide bonds. The van der Waals surface area contributed by atoms with E-state index >= 15 is 0 Å². The molecule has 0 unspecified atom stereocenters. The molecule has 0 atom stereocenters. The van der Waals surface area contributed by atoms with Gasteiger partial charge < -0.3 is 9.80 Å². The quantitative estimate of drug-likeness (QED) is 0.726. The van der Waals surface area contributed by atoms with Gasteiger partial charge in [-0.1, -0.05) is 24.3 Å². The average Bonchev–Trinajstić information content (AvgIpc) is 2.33. The molecule has 80 valence electrons. The van der Waals surface area contributed by atoms with Crippen LogP contribution in [0.2, 0.25) is 0 Å². The Balaban J connectivity index is 2.47. The van der Waals surface area contributed by atoms with E-state index in [4.69, 9.17) is 5.41 Å². The van der Waals surface area contributed by atoms with Gasteiger partial charge in [-0.05, 0) is 17.5 Å². The van der Waals surface area contributed by atoms with E-state index in [1.165, 1.54) is 10.8 Å². The van der Waals surface area contributed by atoms with Crippen molar-refractivity contribution in [2.75, 3.05) is 23.9 Å². The molecule has 2 aromatic carbocycles. The first kappa shape index (κ1) is 9.21. The molecule has 0 fully saturated rings. The van der Waals surface area contributed by atoms with Crippen LogP contribution in [0.15, 0.2) is 36.4 Å². The summed E-state index contributed by atoms with van der Waals surface area (Å²) in [5, 5.41) is 10.5. The first-order valence-electron chi connectivity index (χ1n) is 5.28. The SMILES string of the molecule is CN1C(=N)N(C)c2cccc3cccc1c23. The Labute approximate surface area is 94.4 Å². The van der Waals surface area contributed by atoms with E-state index in [-0.39, 0.29) is 0 Å². The predicted molar refractivity (Wildman–Crippen MR) is 68.5 cm³/mol. The van der Waals surface area contributed by atoms with Crippen molar-refractivity contribution >= 4 is 28.1 Å². The second kappa shape index (κ2) is 2.98. The lowest BCUT2D eigenvalue weighted by Crippen LogP contribution is -2.42. The summed E-state index contributed by atoms with van der Waals surface area (Å²) in [5.41, 5.74) is 2.22. The highest BCUT2D eigenvalue weighted by Crippen LogP contribution is 2.38. The molecule has 3 nitrogen and oxygen atoms in total. The summed E-state index contributed by atoms with van der Waals surface area (Å²) in [6.07, 6.45) is 0. The molecule has 0 bridgehead atoms. The molecule has 3 rings (SSSR count). The summed E-state index contributed by atoms with van der Waals surface area (Å²) in [4.78, 5) is 3.82. The van der Waals surface area contributed by atoms with Gasteiger partial charge in [-0.3, -0.25) is 5.41 Å². The van der Waals surface area contributed by atoms with Gasteiger partial charge in [0.15, 0.2) is 0 Å². The fourth-order valence-electron chi connectivity index (χ4n) is 2.31. The van der Waals surface area contributed by atoms with Crippen LogP contribution in [0.5, 0.6) is 0 Å². The lowest BCUT2D eigenvalue weighted by atomic mass is 10.0. The molecule has 2 aromatic rings. The summed E-state index contributed by atoms with van der Waals surface area (Å²) in [6, 6.07) is 12.4. The van der Waals surface area contributed by atoms with Gasteiger partial charge in [0.25, 0.3) is 0 Å². The Morgan fingerprint density at radius 2 is 1.38 bits per heavy atom. The number of guanidine groups is 1. The van der Waals surface area contributed by atoms with E-state index in [1.54, 1.807) is 0 Å². The van der Waals surface area contributed by atoms with Crippen LogP contribution < -0.4 is 9.80 Å². The zero-order valence-electron chi connectivity index (χ0n) is 9.36. The standard InChI is InChI=1S/C13H13N3/c1-15-10-7-3-5-9-6-4-8-11(12(9)10)16(2)13(15)14/h3-8,14H,1-2H3. The third-order valence-electron chi connectivity index (χ3n) is 3.22. The lowest BCUT2D eigenvalue weighted by Gasteiger charge is -2.35. The fraction of sp³-hybridized carbons (Fsp3) is 0.154. The molecule has 0 radical (unpaired) electrons. The highest BCUT2D eigenvalue weighted by atomic mass is 15.4. The Morgan fingerprint density at radius 1 is 0.875 bits per heavy atom. The van der Waals surface area contributed by atoms with Crippen LogP contribution >= 0.6 is 0 Å². The molecular weight excluding hydrogens is 198 g/mol. The van der Waals surface area contributed by atoms with E-state index in [1.807, 2.05) is 36.0 Å². The van der Waals surface area contributed by atoms with Crippen LogP contribution in [0.3, 0.4) is 0 Å². The summed E-state index contributed by atoms with van der Waals surface area (Å²) in [7, 11) is 3.87. The molecule has 1 aliphatic rings. The molecule has 0 saturated carbocycles. The number of hydrogen-bond acceptors (Lipinski definition) is 1. The summed E-state index contributed by atoms with van der Waals surface area (Å²) < 4.78 is 0. The zero-order chi connectivity index (χ0) is 11.3. The van der Waals surface area contributed by atoms with Crippen molar-refractivity contribution in [1.29, 1.82) is 5.41 Å². The van der Waals surface area contributed by atoms with Crippen molar-refractivity contribution in [3.63, 3.8) is 0 Å². The summed E-state index contributed by atoms with van der Waals surface area (Å²) in [5.74, 6) is 0.506. The fourth-order valence-corrected chi connectivity index (χ4v) is 2.31. The number of benzene rings is 2. The number of nitrogens with zero attached hydrogens (tertiary/aromatic N) is 2. The zero-order valence-corrected chi connectivity index (χ0v) is 9.36. The predicted octanol–water partition coefficient (Wildman–Crippen LogP) is 2.66. The largest absolute Gasteiger partial charge is 0.315 e. The van der Waals surface area contributed by atoms with Gasteiger partial charge in [-0.15, -0.1) is 0 Å². The topological polar surface area (TPSA) is 30.3 Å². The minimum absolute atomic E-state index is 0.506. The van der Waals surface area contributed by atoms with Gasteiger partial charge >= 0.3 is 0 Å². The highest BCUT2D eigenvalue weighted by molar-refractivity contribution is 6.20. The molecule has 3 heteroatoms. The van der Waals surface area contributed by atoms with Crippen molar-refractivity contribution < 1.29 is 0 Å². The van der Waals surface area contributed by atoms with Crippen molar-refractivity contribution in [3.8, 4) is 0 Å². The molecule has 1 aliphatic heterocycles. The summed E-state index contributed by atoms with van der Waals surface area (Å²) >= 11 is 0. The highest BCUT2D eigenvalue weighted by Gasteiger charge is 2.23. The van der Waals surface area contributed by atoms with Crippen LogP contribution in [0.1, 0.15) is 0 Å². The molecule has 1 N–H and O–H groups in total. The molecule has 0 aliphatic carbocycles. The Hall–Kier alpha value is -2.03. The maximum absolute atomic E-state index is 8.05. The Bertz CT molecular complexity index is 542. The smallest absolute Gasteiger partial charge is 0.202 e. The number of nitrogens with one attached hydrogen (secondary N) is 1.